The van der Waals surface area contributed by atoms with Crippen molar-refractivity contribution in [3.8, 4) is 11.5 Å². The third-order valence-electron chi connectivity index (χ3n) is 5.00. The molecule has 6 nitrogen and oxygen atoms in total. The van der Waals surface area contributed by atoms with Gasteiger partial charge in [-0.25, -0.2) is 0 Å². The predicted molar refractivity (Wildman–Crippen MR) is 149 cm³/mol. The van der Waals surface area contributed by atoms with E-state index in [2.05, 4.69) is 28.3 Å². The highest BCUT2D eigenvalue weighted by molar-refractivity contribution is 9.10. The zero-order chi connectivity index (χ0) is 25.4. The van der Waals surface area contributed by atoms with Crippen molar-refractivity contribution in [2.45, 2.75) is 39.5 Å². The number of thioether (sulfide) groups is 1. The molecule has 0 atom stereocenters. The number of carbonyl (C=O) groups is 2. The Morgan fingerprint density at radius 1 is 1.20 bits per heavy atom. The second-order valence-corrected chi connectivity index (χ2v) is 10.5. The van der Waals surface area contributed by atoms with Gasteiger partial charge in [0, 0.05) is 0 Å². The van der Waals surface area contributed by atoms with Gasteiger partial charge >= 0.3 is 0 Å². The van der Waals surface area contributed by atoms with Gasteiger partial charge in [-0.05, 0) is 77.4 Å². The number of hydrogen-bond acceptors (Lipinski definition) is 6. The molecule has 2 aromatic carbocycles. The van der Waals surface area contributed by atoms with Crippen LogP contribution in [0.1, 0.15) is 55.5 Å². The average molecular weight is 598 g/mol. The van der Waals surface area contributed by atoms with E-state index in [1.165, 1.54) is 12.8 Å². The monoisotopic (exact) mass is 596 g/mol. The predicted octanol–water partition coefficient (Wildman–Crippen LogP) is 7.01. The molecule has 3 rings (SSSR count). The van der Waals surface area contributed by atoms with Gasteiger partial charge in [-0.2, -0.15) is 5.01 Å². The van der Waals surface area contributed by atoms with E-state index in [0.29, 0.717) is 29.6 Å². The van der Waals surface area contributed by atoms with Crippen LogP contribution in [0.5, 0.6) is 11.5 Å². The number of ether oxygens (including phenoxy) is 2. The fourth-order valence-corrected chi connectivity index (χ4v) is 5.28. The third kappa shape index (κ3) is 7.22. The molecule has 186 valence electrons. The molecule has 1 heterocycles. The van der Waals surface area contributed by atoms with Gasteiger partial charge in [0.1, 0.15) is 0 Å². The molecule has 1 saturated heterocycles. The van der Waals surface area contributed by atoms with Gasteiger partial charge in [0.05, 0.1) is 33.2 Å². The Balaban J connectivity index is 1.77. The minimum atomic E-state index is -0.519. The smallest absolute Gasteiger partial charge is 0.285 e. The number of carbonyl (C=O) groups excluding carboxylic acids is 2. The van der Waals surface area contributed by atoms with Gasteiger partial charge in [0.2, 0.25) is 0 Å². The summed E-state index contributed by atoms with van der Waals surface area (Å²) >= 11 is 16.1. The van der Waals surface area contributed by atoms with E-state index in [1.54, 1.807) is 30.3 Å². The first-order chi connectivity index (χ1) is 16.8. The number of nitrogens with zero attached hydrogens (tertiary/aromatic N) is 1. The lowest BCUT2D eigenvalue weighted by Crippen LogP contribution is -2.44. The number of nitrogens with one attached hydrogen (secondary N) is 1. The number of thiocarbonyl (C=S) groups is 1. The summed E-state index contributed by atoms with van der Waals surface area (Å²) in [6.45, 7) is 5.14. The number of hydrazine groups is 1. The molecular formula is C25H26BrClN2O4S2. The van der Waals surface area contributed by atoms with Gasteiger partial charge in [0.25, 0.3) is 11.8 Å². The van der Waals surface area contributed by atoms with Crippen LogP contribution in [0.4, 0.5) is 0 Å². The Labute approximate surface area is 228 Å². The fraction of sp³-hybridized carbons (Fsp3) is 0.320. The molecule has 2 amide bonds. The van der Waals surface area contributed by atoms with Crippen molar-refractivity contribution < 1.29 is 19.1 Å². The Morgan fingerprint density at radius 3 is 2.69 bits per heavy atom. The zero-order valence-electron chi connectivity index (χ0n) is 19.4. The second-order valence-electron chi connectivity index (χ2n) is 7.61. The van der Waals surface area contributed by atoms with E-state index >= 15 is 0 Å². The first-order valence-electron chi connectivity index (χ1n) is 11.3. The SMILES string of the molecule is CCCCCCOc1c(Br)cc(/C=C2\SC(=S)N(NC(=O)c3ccccc3Cl)C2=O)cc1OCC. The van der Waals surface area contributed by atoms with Crippen LogP contribution in [0, 0.1) is 0 Å². The largest absolute Gasteiger partial charge is 0.490 e. The molecule has 0 aliphatic carbocycles. The molecule has 1 aliphatic heterocycles. The second kappa shape index (κ2) is 13.3. The molecule has 0 saturated carbocycles. The maximum Gasteiger partial charge on any atom is 0.285 e. The van der Waals surface area contributed by atoms with Crippen molar-refractivity contribution in [2.24, 2.45) is 0 Å². The van der Waals surface area contributed by atoms with Crippen LogP contribution in [-0.2, 0) is 4.79 Å². The van der Waals surface area contributed by atoms with Crippen molar-refractivity contribution in [2.75, 3.05) is 13.2 Å². The lowest BCUT2D eigenvalue weighted by molar-refractivity contribution is -0.123. The molecule has 0 unspecified atom stereocenters. The first kappa shape index (κ1) is 27.5. The van der Waals surface area contributed by atoms with Crippen molar-refractivity contribution >= 4 is 73.7 Å². The number of hydrogen-bond donors (Lipinski definition) is 1. The molecule has 0 spiro atoms. The van der Waals surface area contributed by atoms with Crippen LogP contribution in [0.3, 0.4) is 0 Å². The Hall–Kier alpha value is -2.07. The van der Waals surface area contributed by atoms with Crippen molar-refractivity contribution in [1.82, 2.24) is 10.4 Å². The minimum Gasteiger partial charge on any atom is -0.490 e. The van der Waals surface area contributed by atoms with Gasteiger partial charge in [-0.1, -0.05) is 61.7 Å². The highest BCUT2D eigenvalue weighted by Gasteiger charge is 2.34. The number of amides is 2. The lowest BCUT2D eigenvalue weighted by atomic mass is 10.1. The van der Waals surface area contributed by atoms with Crippen LogP contribution in [0.15, 0.2) is 45.8 Å². The zero-order valence-corrected chi connectivity index (χ0v) is 23.4. The van der Waals surface area contributed by atoms with Crippen LogP contribution in [0.25, 0.3) is 6.08 Å². The topological polar surface area (TPSA) is 67.9 Å². The Bertz CT molecular complexity index is 1140. The molecular weight excluding hydrogens is 572 g/mol. The van der Waals surface area contributed by atoms with E-state index in [0.717, 1.165) is 39.6 Å². The summed E-state index contributed by atoms with van der Waals surface area (Å²) in [4.78, 5) is 26.0. The third-order valence-corrected chi connectivity index (χ3v) is 7.22. The standard InChI is InChI=1S/C25H26BrClN2O4S2/c1-3-5-6-9-12-33-22-18(26)13-16(14-20(22)32-4-2)15-21-24(31)29(25(34)35-21)28-23(30)17-10-7-8-11-19(17)27/h7-8,10-11,13-15H,3-6,9,12H2,1-2H3,(H,28,30)/b21-15-. The molecule has 10 heteroatoms. The lowest BCUT2D eigenvalue weighted by Gasteiger charge is -2.16. The van der Waals surface area contributed by atoms with E-state index in [1.807, 2.05) is 19.1 Å². The summed E-state index contributed by atoms with van der Waals surface area (Å²) in [5.41, 5.74) is 3.53. The summed E-state index contributed by atoms with van der Waals surface area (Å²) < 4.78 is 12.7. The summed E-state index contributed by atoms with van der Waals surface area (Å²) in [6, 6.07) is 10.3. The highest BCUT2D eigenvalue weighted by Crippen LogP contribution is 2.39. The van der Waals surface area contributed by atoms with Gasteiger partial charge in [-0.3, -0.25) is 15.0 Å². The first-order valence-corrected chi connectivity index (χ1v) is 13.7. The summed E-state index contributed by atoms with van der Waals surface area (Å²) in [6.07, 6.45) is 6.14. The van der Waals surface area contributed by atoms with Gasteiger partial charge in [-0.15, -0.1) is 0 Å². The van der Waals surface area contributed by atoms with E-state index in [4.69, 9.17) is 33.3 Å². The van der Waals surface area contributed by atoms with E-state index in [-0.39, 0.29) is 14.9 Å². The molecule has 1 aliphatic rings. The maximum atomic E-state index is 13.0. The Kier molecular flexibility index (Phi) is 10.5. The summed E-state index contributed by atoms with van der Waals surface area (Å²) in [7, 11) is 0. The number of benzene rings is 2. The molecule has 0 bridgehead atoms. The molecule has 1 N–H and O–H groups in total. The van der Waals surface area contributed by atoms with E-state index in [9.17, 15) is 9.59 Å². The molecule has 0 radical (unpaired) electrons. The van der Waals surface area contributed by atoms with Gasteiger partial charge < -0.3 is 9.47 Å². The number of halogens is 2. The van der Waals surface area contributed by atoms with Crippen LogP contribution in [0.2, 0.25) is 5.02 Å². The van der Waals surface area contributed by atoms with Crippen molar-refractivity contribution in [3.05, 3.63) is 61.9 Å². The average Bonchev–Trinajstić information content (AvgIpc) is 3.08. The van der Waals surface area contributed by atoms with Crippen LogP contribution < -0.4 is 14.9 Å². The van der Waals surface area contributed by atoms with Crippen LogP contribution in [-0.4, -0.2) is 34.4 Å². The maximum absolute atomic E-state index is 13.0. The normalized spacial score (nSPS) is 14.5. The summed E-state index contributed by atoms with van der Waals surface area (Å²) in [5, 5.41) is 1.34. The van der Waals surface area contributed by atoms with E-state index < -0.39 is 11.8 Å². The van der Waals surface area contributed by atoms with Crippen LogP contribution >= 0.6 is 51.5 Å². The molecule has 35 heavy (non-hydrogen) atoms. The minimum absolute atomic E-state index is 0.220. The summed E-state index contributed by atoms with van der Waals surface area (Å²) in [5.74, 6) is 0.284. The molecule has 0 aromatic heterocycles. The molecule has 2 aromatic rings. The Morgan fingerprint density at radius 2 is 1.97 bits per heavy atom. The van der Waals surface area contributed by atoms with Crippen molar-refractivity contribution in [1.29, 1.82) is 0 Å². The quantitative estimate of drug-likeness (QED) is 0.171. The van der Waals surface area contributed by atoms with Crippen molar-refractivity contribution in [3.63, 3.8) is 0 Å². The fourth-order valence-electron chi connectivity index (χ4n) is 3.30. The number of unbranched alkanes of at least 4 members (excludes halogenated alkanes) is 3. The highest BCUT2D eigenvalue weighted by atomic mass is 79.9. The molecule has 1 fully saturated rings. The number of rotatable bonds is 11. The van der Waals surface area contributed by atoms with Gasteiger partial charge in [0.15, 0.2) is 15.8 Å².